The second-order valence-corrected chi connectivity index (χ2v) is 4.45. The summed E-state index contributed by atoms with van der Waals surface area (Å²) in [5.41, 5.74) is -1.31. The summed E-state index contributed by atoms with van der Waals surface area (Å²) in [7, 11) is 1.53. The predicted molar refractivity (Wildman–Crippen MR) is 66.5 cm³/mol. The average Bonchev–Trinajstić information content (AvgIpc) is 2.36. The Morgan fingerprint density at radius 3 is 2.55 bits per heavy atom. The monoisotopic (exact) mass is 286 g/mol. The minimum absolute atomic E-state index is 0.146. The van der Waals surface area contributed by atoms with Gasteiger partial charge in [0.05, 0.1) is 28.8 Å². The quantitative estimate of drug-likeness (QED) is 0.924. The number of alkyl halides is 3. The van der Waals surface area contributed by atoms with Crippen LogP contribution in [0.3, 0.4) is 0 Å². The molecular formula is C13H13F3N2O2. The molecule has 0 saturated carbocycles. The molecule has 0 heterocycles. The first-order chi connectivity index (χ1) is 9.16. The van der Waals surface area contributed by atoms with Gasteiger partial charge in [-0.05, 0) is 25.1 Å². The zero-order valence-corrected chi connectivity index (χ0v) is 10.9. The maximum Gasteiger partial charge on any atom is 0.416 e. The highest BCUT2D eigenvalue weighted by Gasteiger charge is 2.32. The minimum atomic E-state index is -4.60. The maximum absolute atomic E-state index is 12.6. The van der Waals surface area contributed by atoms with Gasteiger partial charge in [0.25, 0.3) is 0 Å². The summed E-state index contributed by atoms with van der Waals surface area (Å²) in [6, 6.07) is 4.52. The molecular weight excluding hydrogens is 273 g/mol. The number of hydrogen-bond donors (Lipinski definition) is 1. The second kappa shape index (κ2) is 5.82. The summed E-state index contributed by atoms with van der Waals surface area (Å²) in [6.07, 6.45) is -4.60. The third kappa shape index (κ3) is 3.63. The van der Waals surface area contributed by atoms with Crippen LogP contribution in [0.1, 0.15) is 22.8 Å². The Bertz CT molecular complexity index is 550. The highest BCUT2D eigenvalue weighted by molar-refractivity contribution is 5.94. The van der Waals surface area contributed by atoms with Crippen LogP contribution >= 0.6 is 0 Å². The van der Waals surface area contributed by atoms with E-state index in [1.807, 2.05) is 6.07 Å². The van der Waals surface area contributed by atoms with Crippen LogP contribution in [0.4, 0.5) is 18.9 Å². The van der Waals surface area contributed by atoms with Crippen molar-refractivity contribution in [3.8, 4) is 6.07 Å². The van der Waals surface area contributed by atoms with Gasteiger partial charge in [-0.1, -0.05) is 0 Å². The number of aromatic carboxylic acids is 1. The normalized spacial score (nSPS) is 12.6. The number of carboxylic acids is 1. The number of nitriles is 1. The van der Waals surface area contributed by atoms with Gasteiger partial charge in [0, 0.05) is 13.6 Å². The first-order valence-corrected chi connectivity index (χ1v) is 5.72. The van der Waals surface area contributed by atoms with Crippen LogP contribution < -0.4 is 4.90 Å². The van der Waals surface area contributed by atoms with E-state index in [4.69, 9.17) is 10.4 Å². The summed E-state index contributed by atoms with van der Waals surface area (Å²) in [5.74, 6) is -1.81. The highest BCUT2D eigenvalue weighted by atomic mass is 19.4. The third-order valence-corrected chi connectivity index (χ3v) is 2.73. The molecule has 1 N–H and O–H groups in total. The Hall–Kier alpha value is -2.23. The predicted octanol–water partition coefficient (Wildman–Crippen LogP) is 3.00. The molecule has 0 spiro atoms. The number of nitrogens with zero attached hydrogens (tertiary/aromatic N) is 2. The number of hydrogen-bond acceptors (Lipinski definition) is 3. The van der Waals surface area contributed by atoms with Gasteiger partial charge in [-0.2, -0.15) is 18.4 Å². The van der Waals surface area contributed by atoms with Gasteiger partial charge >= 0.3 is 12.1 Å². The molecule has 1 aromatic rings. The van der Waals surface area contributed by atoms with E-state index in [-0.39, 0.29) is 18.2 Å². The summed E-state index contributed by atoms with van der Waals surface area (Å²) in [5, 5.41) is 17.8. The number of rotatable bonds is 4. The number of anilines is 1. The van der Waals surface area contributed by atoms with Gasteiger partial charge in [-0.3, -0.25) is 0 Å². The number of halogens is 3. The van der Waals surface area contributed by atoms with Crippen LogP contribution in [0.5, 0.6) is 0 Å². The molecule has 20 heavy (non-hydrogen) atoms. The van der Waals surface area contributed by atoms with E-state index in [2.05, 4.69) is 0 Å². The molecule has 0 aliphatic heterocycles. The number of carbonyl (C=O) groups is 1. The van der Waals surface area contributed by atoms with Crippen LogP contribution in [0.2, 0.25) is 0 Å². The van der Waals surface area contributed by atoms with Crippen molar-refractivity contribution in [2.75, 3.05) is 18.5 Å². The zero-order valence-electron chi connectivity index (χ0n) is 10.9. The topological polar surface area (TPSA) is 64.3 Å². The van der Waals surface area contributed by atoms with Gasteiger partial charge in [0.15, 0.2) is 0 Å². The van der Waals surface area contributed by atoms with E-state index in [9.17, 15) is 18.0 Å². The standard InChI is InChI=1S/C13H13F3N2O2/c1-8(6-17)7-18(2)11-4-3-9(13(14,15)16)5-10(11)12(19)20/h3-5,8H,7H2,1-2H3,(H,19,20). The Labute approximate surface area is 114 Å². The van der Waals surface area contributed by atoms with Gasteiger partial charge < -0.3 is 10.0 Å². The largest absolute Gasteiger partial charge is 0.478 e. The molecule has 0 aliphatic carbocycles. The molecule has 0 aliphatic rings. The van der Waals surface area contributed by atoms with E-state index < -0.39 is 23.3 Å². The fourth-order valence-electron chi connectivity index (χ4n) is 1.77. The van der Waals surface area contributed by atoms with Crippen molar-refractivity contribution in [3.05, 3.63) is 29.3 Å². The Morgan fingerprint density at radius 1 is 1.50 bits per heavy atom. The number of benzene rings is 1. The molecule has 1 atom stereocenters. The Kier molecular flexibility index (Phi) is 4.61. The van der Waals surface area contributed by atoms with Crippen molar-refractivity contribution in [2.45, 2.75) is 13.1 Å². The van der Waals surface area contributed by atoms with Crippen LogP contribution in [0.25, 0.3) is 0 Å². The van der Waals surface area contributed by atoms with Gasteiger partial charge in [0.2, 0.25) is 0 Å². The number of carboxylic acid groups (broad SMARTS) is 1. The van der Waals surface area contributed by atoms with Crippen molar-refractivity contribution < 1.29 is 23.1 Å². The lowest BCUT2D eigenvalue weighted by Gasteiger charge is -2.23. The Balaban J connectivity index is 3.21. The molecule has 0 radical (unpaired) electrons. The SMILES string of the molecule is CC(C#N)CN(C)c1ccc(C(F)(F)F)cc1C(=O)O. The molecule has 4 nitrogen and oxygen atoms in total. The lowest BCUT2D eigenvalue weighted by molar-refractivity contribution is -0.137. The summed E-state index contributed by atoms with van der Waals surface area (Å²) < 4.78 is 37.7. The zero-order chi connectivity index (χ0) is 15.5. The first-order valence-electron chi connectivity index (χ1n) is 5.72. The van der Waals surface area contributed by atoms with Crippen molar-refractivity contribution in [3.63, 3.8) is 0 Å². The van der Waals surface area contributed by atoms with Crippen molar-refractivity contribution >= 4 is 11.7 Å². The molecule has 0 bridgehead atoms. The van der Waals surface area contributed by atoms with E-state index in [0.29, 0.717) is 6.07 Å². The molecule has 0 aromatic heterocycles. The smallest absolute Gasteiger partial charge is 0.416 e. The van der Waals surface area contributed by atoms with Crippen LogP contribution in [0.15, 0.2) is 18.2 Å². The fourth-order valence-corrected chi connectivity index (χ4v) is 1.77. The lowest BCUT2D eigenvalue weighted by Crippen LogP contribution is -2.25. The molecule has 1 unspecified atom stereocenters. The maximum atomic E-state index is 12.6. The van der Waals surface area contributed by atoms with E-state index >= 15 is 0 Å². The minimum Gasteiger partial charge on any atom is -0.478 e. The summed E-state index contributed by atoms with van der Waals surface area (Å²) >= 11 is 0. The lowest BCUT2D eigenvalue weighted by atomic mass is 10.1. The van der Waals surface area contributed by atoms with Crippen molar-refractivity contribution in [1.82, 2.24) is 0 Å². The summed E-state index contributed by atoms with van der Waals surface area (Å²) in [4.78, 5) is 12.6. The average molecular weight is 286 g/mol. The first kappa shape index (κ1) is 15.8. The molecule has 1 aromatic carbocycles. The second-order valence-electron chi connectivity index (χ2n) is 4.45. The van der Waals surface area contributed by atoms with Crippen molar-refractivity contribution in [1.29, 1.82) is 5.26 Å². The van der Waals surface area contributed by atoms with Gasteiger partial charge in [-0.15, -0.1) is 0 Å². The van der Waals surface area contributed by atoms with E-state index in [1.54, 1.807) is 6.92 Å². The van der Waals surface area contributed by atoms with E-state index in [0.717, 1.165) is 12.1 Å². The van der Waals surface area contributed by atoms with Crippen LogP contribution in [-0.4, -0.2) is 24.7 Å². The molecule has 0 saturated heterocycles. The van der Waals surface area contributed by atoms with Crippen molar-refractivity contribution in [2.24, 2.45) is 5.92 Å². The van der Waals surface area contributed by atoms with Gasteiger partial charge in [-0.25, -0.2) is 4.79 Å². The molecule has 0 amide bonds. The summed E-state index contributed by atoms with van der Waals surface area (Å²) in [6.45, 7) is 1.86. The highest BCUT2D eigenvalue weighted by Crippen LogP contribution is 2.32. The van der Waals surface area contributed by atoms with E-state index in [1.165, 1.54) is 11.9 Å². The Morgan fingerprint density at radius 2 is 2.10 bits per heavy atom. The van der Waals surface area contributed by atoms with Crippen LogP contribution in [-0.2, 0) is 6.18 Å². The fraction of sp³-hybridized carbons (Fsp3) is 0.385. The molecule has 0 fully saturated rings. The van der Waals surface area contributed by atoms with Gasteiger partial charge in [0.1, 0.15) is 0 Å². The third-order valence-electron chi connectivity index (χ3n) is 2.73. The molecule has 1 rings (SSSR count). The van der Waals surface area contributed by atoms with Crippen LogP contribution in [0, 0.1) is 17.2 Å². The molecule has 7 heteroatoms. The molecule has 108 valence electrons.